The molecule has 0 atom stereocenters. The first-order valence-electron chi connectivity index (χ1n) is 7.46. The molecule has 0 saturated carbocycles. The number of thiazole rings is 1. The number of rotatable bonds is 2. The van der Waals surface area contributed by atoms with E-state index in [1.54, 1.807) is 17.2 Å². The summed E-state index contributed by atoms with van der Waals surface area (Å²) in [4.78, 5) is 18.6. The highest BCUT2D eigenvalue weighted by Crippen LogP contribution is 2.27. The van der Waals surface area contributed by atoms with E-state index in [0.29, 0.717) is 18.1 Å². The van der Waals surface area contributed by atoms with Crippen LogP contribution in [0.5, 0.6) is 0 Å². The Morgan fingerprint density at radius 2 is 2.36 bits per heavy atom. The summed E-state index contributed by atoms with van der Waals surface area (Å²) in [5.74, 6) is -0.189. The van der Waals surface area contributed by atoms with Crippen LogP contribution in [0.15, 0.2) is 40.4 Å². The zero-order valence-electron chi connectivity index (χ0n) is 12.3. The van der Waals surface area contributed by atoms with Crippen LogP contribution < -0.4 is 0 Å². The summed E-state index contributed by atoms with van der Waals surface area (Å²) in [7, 11) is 0. The smallest absolute Gasteiger partial charge is 0.264 e. The highest BCUT2D eigenvalue weighted by molar-refractivity contribution is 7.10. The van der Waals surface area contributed by atoms with Crippen molar-refractivity contribution in [3.05, 3.63) is 45.5 Å². The Balaban J connectivity index is 1.81. The Kier molecular flexibility index (Phi) is 4.50. The summed E-state index contributed by atoms with van der Waals surface area (Å²) in [6.45, 7) is 1.32. The van der Waals surface area contributed by atoms with Gasteiger partial charge in [0, 0.05) is 24.7 Å². The number of nitriles is 1. The van der Waals surface area contributed by atoms with Crippen molar-refractivity contribution in [3.8, 4) is 6.07 Å². The molecule has 0 saturated heterocycles. The van der Waals surface area contributed by atoms with E-state index in [4.69, 9.17) is 0 Å². The summed E-state index contributed by atoms with van der Waals surface area (Å²) in [6, 6.07) is 2.03. The first-order valence-corrected chi connectivity index (χ1v) is 8.34. The van der Waals surface area contributed by atoms with Crippen molar-refractivity contribution < 1.29 is 4.79 Å². The molecule has 1 amide bonds. The number of hydrogen-bond donors (Lipinski definition) is 0. The molecule has 1 aromatic rings. The first kappa shape index (κ1) is 14.7. The Morgan fingerprint density at radius 3 is 3.14 bits per heavy atom. The summed E-state index contributed by atoms with van der Waals surface area (Å²) in [5.41, 5.74) is 2.89. The van der Waals surface area contributed by atoms with Crippen molar-refractivity contribution in [2.24, 2.45) is 0 Å². The van der Waals surface area contributed by atoms with E-state index in [-0.39, 0.29) is 11.5 Å². The molecule has 22 heavy (non-hydrogen) atoms. The van der Waals surface area contributed by atoms with Crippen LogP contribution in [0.1, 0.15) is 30.7 Å². The van der Waals surface area contributed by atoms with Gasteiger partial charge in [-0.2, -0.15) is 5.26 Å². The van der Waals surface area contributed by atoms with Crippen molar-refractivity contribution in [2.45, 2.75) is 25.7 Å². The molecule has 1 aliphatic carbocycles. The fraction of sp³-hybridized carbons (Fsp3) is 0.353. The second-order valence-corrected chi connectivity index (χ2v) is 6.37. The van der Waals surface area contributed by atoms with Gasteiger partial charge < -0.3 is 4.90 Å². The van der Waals surface area contributed by atoms with Gasteiger partial charge in [0.1, 0.15) is 16.6 Å². The minimum Gasteiger partial charge on any atom is -0.334 e. The number of amides is 1. The van der Waals surface area contributed by atoms with Crippen molar-refractivity contribution in [1.82, 2.24) is 9.88 Å². The quantitative estimate of drug-likeness (QED) is 0.622. The lowest BCUT2D eigenvalue weighted by Gasteiger charge is -2.21. The van der Waals surface area contributed by atoms with Crippen LogP contribution in [-0.2, 0) is 4.79 Å². The maximum absolute atomic E-state index is 12.6. The van der Waals surface area contributed by atoms with Gasteiger partial charge in [-0.05, 0) is 37.3 Å². The zero-order valence-corrected chi connectivity index (χ0v) is 13.1. The Bertz CT molecular complexity index is 692. The number of hydrogen-bond acceptors (Lipinski definition) is 4. The van der Waals surface area contributed by atoms with Crippen molar-refractivity contribution in [3.63, 3.8) is 0 Å². The van der Waals surface area contributed by atoms with E-state index in [0.717, 1.165) is 25.7 Å². The minimum absolute atomic E-state index is 0.166. The van der Waals surface area contributed by atoms with Crippen LogP contribution in [0.4, 0.5) is 0 Å². The fourth-order valence-electron chi connectivity index (χ4n) is 2.89. The van der Waals surface area contributed by atoms with Gasteiger partial charge in [0.2, 0.25) is 0 Å². The molecule has 0 aromatic carbocycles. The van der Waals surface area contributed by atoms with Gasteiger partial charge in [-0.25, -0.2) is 4.98 Å². The van der Waals surface area contributed by atoms with Gasteiger partial charge in [-0.15, -0.1) is 11.3 Å². The third-order valence-corrected chi connectivity index (χ3v) is 4.73. The average molecular weight is 311 g/mol. The Morgan fingerprint density at radius 1 is 1.45 bits per heavy atom. The molecule has 3 rings (SSSR count). The molecule has 0 spiro atoms. The van der Waals surface area contributed by atoms with Crippen LogP contribution in [-0.4, -0.2) is 28.9 Å². The van der Waals surface area contributed by atoms with Gasteiger partial charge in [0.15, 0.2) is 0 Å². The maximum Gasteiger partial charge on any atom is 0.264 e. The monoisotopic (exact) mass is 311 g/mol. The zero-order chi connectivity index (χ0) is 15.4. The highest BCUT2D eigenvalue weighted by Gasteiger charge is 2.23. The number of allylic oxidation sites excluding steroid dienone is 2. The van der Waals surface area contributed by atoms with Crippen molar-refractivity contribution >= 4 is 23.3 Å². The SMILES string of the molecule is N#C/C(=C\c1nccs1)C(=O)N1CCCC2=C(C=CCC2)C1. The van der Waals surface area contributed by atoms with Gasteiger partial charge >= 0.3 is 0 Å². The summed E-state index contributed by atoms with van der Waals surface area (Å²) >= 11 is 1.42. The van der Waals surface area contributed by atoms with Crippen LogP contribution in [0, 0.1) is 11.3 Å². The third-order valence-electron chi connectivity index (χ3n) is 4.01. The number of aromatic nitrogens is 1. The van der Waals surface area contributed by atoms with Gasteiger partial charge in [-0.3, -0.25) is 4.79 Å². The minimum atomic E-state index is -0.189. The lowest BCUT2D eigenvalue weighted by Crippen LogP contribution is -2.33. The standard InChI is InChI=1S/C17H17N3OS/c18-11-15(10-16-19-7-9-22-16)17(21)20-8-3-6-13-4-1-2-5-14(13)12-20/h2,5,7,9-10H,1,3-4,6,8,12H2/b15-10+. The van der Waals surface area contributed by atoms with Gasteiger partial charge in [0.05, 0.1) is 0 Å². The number of carbonyl (C=O) groups is 1. The fourth-order valence-corrected chi connectivity index (χ4v) is 3.46. The normalized spacial score (nSPS) is 18.7. The van der Waals surface area contributed by atoms with E-state index >= 15 is 0 Å². The Labute approximate surface area is 134 Å². The van der Waals surface area contributed by atoms with Crippen LogP contribution in [0.2, 0.25) is 0 Å². The molecule has 112 valence electrons. The van der Waals surface area contributed by atoms with E-state index in [1.807, 2.05) is 11.4 Å². The molecule has 1 aliphatic heterocycles. The molecule has 5 heteroatoms. The van der Waals surface area contributed by atoms with Crippen LogP contribution >= 0.6 is 11.3 Å². The molecule has 2 heterocycles. The van der Waals surface area contributed by atoms with E-state index in [2.05, 4.69) is 17.1 Å². The maximum atomic E-state index is 12.6. The molecule has 0 radical (unpaired) electrons. The highest BCUT2D eigenvalue weighted by atomic mass is 32.1. The van der Waals surface area contributed by atoms with Crippen molar-refractivity contribution in [2.75, 3.05) is 13.1 Å². The van der Waals surface area contributed by atoms with E-state index in [9.17, 15) is 10.1 Å². The van der Waals surface area contributed by atoms with E-state index in [1.165, 1.54) is 22.5 Å². The molecule has 0 unspecified atom stereocenters. The van der Waals surface area contributed by atoms with E-state index < -0.39 is 0 Å². The van der Waals surface area contributed by atoms with Gasteiger partial charge in [-0.1, -0.05) is 17.7 Å². The molecule has 2 aliphatic rings. The topological polar surface area (TPSA) is 57.0 Å². The summed E-state index contributed by atoms with van der Waals surface area (Å²) in [6.07, 6.45) is 11.8. The predicted molar refractivity (Wildman–Crippen MR) is 86.9 cm³/mol. The third kappa shape index (κ3) is 3.18. The lowest BCUT2D eigenvalue weighted by molar-refractivity contribution is -0.126. The molecule has 1 aromatic heterocycles. The lowest BCUT2D eigenvalue weighted by atomic mass is 9.95. The number of carbonyl (C=O) groups excluding carboxylic acids is 1. The second-order valence-electron chi connectivity index (χ2n) is 5.44. The second kappa shape index (κ2) is 6.71. The predicted octanol–water partition coefficient (Wildman–Crippen LogP) is 3.32. The molecular weight excluding hydrogens is 294 g/mol. The molecule has 0 bridgehead atoms. The summed E-state index contributed by atoms with van der Waals surface area (Å²) < 4.78 is 0. The van der Waals surface area contributed by atoms with Gasteiger partial charge in [0.25, 0.3) is 5.91 Å². The van der Waals surface area contributed by atoms with Crippen molar-refractivity contribution in [1.29, 1.82) is 5.26 Å². The average Bonchev–Trinajstić information content (AvgIpc) is 2.96. The van der Waals surface area contributed by atoms with Crippen LogP contribution in [0.3, 0.4) is 0 Å². The number of nitrogens with zero attached hydrogens (tertiary/aromatic N) is 3. The summed E-state index contributed by atoms with van der Waals surface area (Å²) in [5, 5.41) is 11.8. The Hall–Kier alpha value is -2.19. The molecule has 4 nitrogen and oxygen atoms in total. The first-order chi connectivity index (χ1) is 10.8. The molecule has 0 N–H and O–H groups in total. The molecule has 0 fully saturated rings. The largest absolute Gasteiger partial charge is 0.334 e. The van der Waals surface area contributed by atoms with Crippen LogP contribution in [0.25, 0.3) is 6.08 Å². The molecular formula is C17H17N3OS.